The van der Waals surface area contributed by atoms with E-state index in [4.69, 9.17) is 4.74 Å². The number of nitrogens with one attached hydrogen (secondary N) is 1. The van der Waals surface area contributed by atoms with Crippen molar-refractivity contribution in [2.45, 2.75) is 58.3 Å². The van der Waals surface area contributed by atoms with E-state index in [0.717, 1.165) is 5.92 Å². The van der Waals surface area contributed by atoms with Gasteiger partial charge in [0.05, 0.1) is 12.2 Å². The lowest BCUT2D eigenvalue weighted by atomic mass is 9.97. The van der Waals surface area contributed by atoms with Gasteiger partial charge in [0.2, 0.25) is 0 Å². The molecular weight excluding hydrogens is 162 g/mol. The van der Waals surface area contributed by atoms with Crippen LogP contribution in [0.25, 0.3) is 0 Å². The van der Waals surface area contributed by atoms with Gasteiger partial charge in [0.1, 0.15) is 0 Å². The van der Waals surface area contributed by atoms with E-state index < -0.39 is 0 Å². The Morgan fingerprint density at radius 3 is 2.46 bits per heavy atom. The molecule has 3 unspecified atom stereocenters. The van der Waals surface area contributed by atoms with E-state index in [9.17, 15) is 0 Å². The standard InChI is InChI=1S/C11H23NO/c1-8(2)7-10(12-4)11-6-5-9(3)13-11/h8-12H,5-7H2,1-4H3. The number of hydrogen-bond acceptors (Lipinski definition) is 2. The van der Waals surface area contributed by atoms with Gasteiger partial charge in [0.25, 0.3) is 0 Å². The fraction of sp³-hybridized carbons (Fsp3) is 1.00. The molecular formula is C11H23NO. The molecule has 1 fully saturated rings. The summed E-state index contributed by atoms with van der Waals surface area (Å²) in [5.74, 6) is 0.747. The molecule has 0 spiro atoms. The Bertz CT molecular complexity index is 147. The fourth-order valence-corrected chi connectivity index (χ4v) is 2.09. The molecule has 2 nitrogen and oxygen atoms in total. The van der Waals surface area contributed by atoms with Crippen LogP contribution in [0.2, 0.25) is 0 Å². The second-order valence-corrected chi connectivity index (χ2v) is 4.59. The maximum Gasteiger partial charge on any atom is 0.0732 e. The quantitative estimate of drug-likeness (QED) is 0.725. The molecule has 2 heteroatoms. The van der Waals surface area contributed by atoms with Crippen molar-refractivity contribution in [3.05, 3.63) is 0 Å². The Hall–Kier alpha value is -0.0800. The van der Waals surface area contributed by atoms with Crippen LogP contribution in [0.5, 0.6) is 0 Å². The van der Waals surface area contributed by atoms with Crippen LogP contribution in [0.4, 0.5) is 0 Å². The summed E-state index contributed by atoms with van der Waals surface area (Å²) in [5, 5.41) is 3.37. The average molecular weight is 185 g/mol. The van der Waals surface area contributed by atoms with Crippen LogP contribution in [0, 0.1) is 5.92 Å². The smallest absolute Gasteiger partial charge is 0.0732 e. The lowest BCUT2D eigenvalue weighted by Crippen LogP contribution is -2.38. The van der Waals surface area contributed by atoms with Gasteiger partial charge < -0.3 is 10.1 Å². The average Bonchev–Trinajstić information content (AvgIpc) is 2.47. The van der Waals surface area contributed by atoms with Gasteiger partial charge in [0.15, 0.2) is 0 Å². The highest BCUT2D eigenvalue weighted by molar-refractivity contribution is 4.82. The molecule has 1 aliphatic heterocycles. The molecule has 1 rings (SSSR count). The summed E-state index contributed by atoms with van der Waals surface area (Å²) >= 11 is 0. The van der Waals surface area contributed by atoms with Crippen molar-refractivity contribution in [2.24, 2.45) is 5.92 Å². The number of rotatable bonds is 4. The molecule has 0 amide bonds. The van der Waals surface area contributed by atoms with Gasteiger partial charge in [-0.05, 0) is 39.2 Å². The molecule has 0 aromatic heterocycles. The zero-order chi connectivity index (χ0) is 9.84. The van der Waals surface area contributed by atoms with E-state index in [0.29, 0.717) is 18.2 Å². The molecule has 1 saturated heterocycles. The predicted octanol–water partition coefficient (Wildman–Crippen LogP) is 2.19. The first-order chi connectivity index (χ1) is 6.13. The molecule has 78 valence electrons. The molecule has 0 aromatic carbocycles. The molecule has 0 saturated carbocycles. The highest BCUT2D eigenvalue weighted by Crippen LogP contribution is 2.24. The molecule has 1 N–H and O–H groups in total. The van der Waals surface area contributed by atoms with Crippen molar-refractivity contribution in [3.8, 4) is 0 Å². The Kier molecular flexibility index (Phi) is 4.20. The molecule has 0 aliphatic carbocycles. The van der Waals surface area contributed by atoms with Crippen LogP contribution < -0.4 is 5.32 Å². The molecule has 3 atom stereocenters. The Balaban J connectivity index is 2.37. The summed E-state index contributed by atoms with van der Waals surface area (Å²) in [6.45, 7) is 6.70. The molecule has 0 radical (unpaired) electrons. The molecule has 1 aliphatic rings. The van der Waals surface area contributed by atoms with Crippen LogP contribution in [0.1, 0.15) is 40.0 Å². The zero-order valence-electron chi connectivity index (χ0n) is 9.34. The summed E-state index contributed by atoms with van der Waals surface area (Å²) in [6, 6.07) is 0.546. The molecule has 1 heterocycles. The van der Waals surface area contributed by atoms with Crippen molar-refractivity contribution in [1.29, 1.82) is 0 Å². The maximum atomic E-state index is 5.85. The largest absolute Gasteiger partial charge is 0.374 e. The maximum absolute atomic E-state index is 5.85. The highest BCUT2D eigenvalue weighted by atomic mass is 16.5. The van der Waals surface area contributed by atoms with Gasteiger partial charge in [-0.15, -0.1) is 0 Å². The summed E-state index contributed by atoms with van der Waals surface area (Å²) in [4.78, 5) is 0. The van der Waals surface area contributed by atoms with Gasteiger partial charge >= 0.3 is 0 Å². The van der Waals surface area contributed by atoms with Crippen molar-refractivity contribution in [2.75, 3.05) is 7.05 Å². The first-order valence-electron chi connectivity index (χ1n) is 5.46. The van der Waals surface area contributed by atoms with E-state index in [-0.39, 0.29) is 0 Å². The number of likely N-dealkylation sites (N-methyl/N-ethyl adjacent to an activating group) is 1. The SMILES string of the molecule is CNC(CC(C)C)C1CCC(C)O1. The van der Waals surface area contributed by atoms with Crippen molar-refractivity contribution < 1.29 is 4.74 Å². The third kappa shape index (κ3) is 3.28. The monoisotopic (exact) mass is 185 g/mol. The van der Waals surface area contributed by atoms with Crippen LogP contribution in [-0.4, -0.2) is 25.3 Å². The third-order valence-corrected chi connectivity index (χ3v) is 2.81. The number of ether oxygens (including phenoxy) is 1. The van der Waals surface area contributed by atoms with E-state index >= 15 is 0 Å². The summed E-state index contributed by atoms with van der Waals surface area (Å²) in [7, 11) is 2.04. The molecule has 0 bridgehead atoms. The van der Waals surface area contributed by atoms with Gasteiger partial charge in [-0.25, -0.2) is 0 Å². The normalized spacial score (nSPS) is 31.2. The minimum atomic E-state index is 0.447. The first-order valence-corrected chi connectivity index (χ1v) is 5.46. The fourth-order valence-electron chi connectivity index (χ4n) is 2.09. The Labute approximate surface area is 82.0 Å². The third-order valence-electron chi connectivity index (χ3n) is 2.81. The second kappa shape index (κ2) is 4.97. The van der Waals surface area contributed by atoms with Gasteiger partial charge in [-0.2, -0.15) is 0 Å². The lowest BCUT2D eigenvalue weighted by Gasteiger charge is -2.24. The second-order valence-electron chi connectivity index (χ2n) is 4.59. The summed E-state index contributed by atoms with van der Waals surface area (Å²) < 4.78 is 5.85. The van der Waals surface area contributed by atoms with Gasteiger partial charge in [0, 0.05) is 6.04 Å². The van der Waals surface area contributed by atoms with Crippen molar-refractivity contribution >= 4 is 0 Å². The summed E-state index contributed by atoms with van der Waals surface area (Å²) in [6.07, 6.45) is 4.57. The Morgan fingerprint density at radius 2 is 2.08 bits per heavy atom. The first kappa shape index (κ1) is 11.0. The molecule has 13 heavy (non-hydrogen) atoms. The summed E-state index contributed by atoms with van der Waals surface area (Å²) in [5.41, 5.74) is 0. The topological polar surface area (TPSA) is 21.3 Å². The van der Waals surface area contributed by atoms with Crippen molar-refractivity contribution in [3.63, 3.8) is 0 Å². The van der Waals surface area contributed by atoms with Gasteiger partial charge in [-0.3, -0.25) is 0 Å². The Morgan fingerprint density at radius 1 is 1.38 bits per heavy atom. The number of hydrogen-bond donors (Lipinski definition) is 1. The molecule has 0 aromatic rings. The van der Waals surface area contributed by atoms with Crippen LogP contribution >= 0.6 is 0 Å². The predicted molar refractivity (Wildman–Crippen MR) is 55.9 cm³/mol. The minimum Gasteiger partial charge on any atom is -0.374 e. The van der Waals surface area contributed by atoms with E-state index in [1.165, 1.54) is 19.3 Å². The van der Waals surface area contributed by atoms with Crippen molar-refractivity contribution in [1.82, 2.24) is 5.32 Å². The zero-order valence-corrected chi connectivity index (χ0v) is 9.34. The van der Waals surface area contributed by atoms with E-state index in [2.05, 4.69) is 26.1 Å². The minimum absolute atomic E-state index is 0.447. The van der Waals surface area contributed by atoms with E-state index in [1.54, 1.807) is 0 Å². The van der Waals surface area contributed by atoms with Gasteiger partial charge in [-0.1, -0.05) is 13.8 Å². The van der Waals surface area contributed by atoms with Crippen LogP contribution in [-0.2, 0) is 4.74 Å². The lowest BCUT2D eigenvalue weighted by molar-refractivity contribution is 0.0291. The van der Waals surface area contributed by atoms with Crippen LogP contribution in [0.3, 0.4) is 0 Å². The van der Waals surface area contributed by atoms with E-state index in [1.807, 2.05) is 7.05 Å². The highest BCUT2D eigenvalue weighted by Gasteiger charge is 2.28. The van der Waals surface area contributed by atoms with Crippen LogP contribution in [0.15, 0.2) is 0 Å².